The molecule has 0 saturated carbocycles. The molecule has 4 nitrogen and oxygen atoms in total. The van der Waals surface area contributed by atoms with Crippen LogP contribution in [0.5, 0.6) is 5.75 Å². The zero-order valence-electron chi connectivity index (χ0n) is 10.6. The highest BCUT2D eigenvalue weighted by atomic mass is 32.1. The molecule has 0 amide bonds. The van der Waals surface area contributed by atoms with Gasteiger partial charge in [-0.25, -0.2) is 4.98 Å². The number of thiazole rings is 1. The molecule has 0 aliphatic rings. The minimum atomic E-state index is 0.633. The Kier molecular flexibility index (Phi) is 4.04. The SMILES string of the molecule is CCOc1cc(N)cc(NCc2csc(C)n2)c1. The van der Waals surface area contributed by atoms with Crippen LogP contribution in [0.4, 0.5) is 11.4 Å². The number of hydrogen-bond donors (Lipinski definition) is 2. The predicted molar refractivity (Wildman–Crippen MR) is 76.2 cm³/mol. The molecule has 0 fully saturated rings. The minimum Gasteiger partial charge on any atom is -0.494 e. The topological polar surface area (TPSA) is 60.2 Å². The highest BCUT2D eigenvalue weighted by Gasteiger charge is 2.01. The van der Waals surface area contributed by atoms with Gasteiger partial charge in [0.25, 0.3) is 0 Å². The van der Waals surface area contributed by atoms with E-state index in [1.54, 1.807) is 11.3 Å². The van der Waals surface area contributed by atoms with E-state index in [1.165, 1.54) is 0 Å². The van der Waals surface area contributed by atoms with Gasteiger partial charge in [-0.3, -0.25) is 0 Å². The lowest BCUT2D eigenvalue weighted by Gasteiger charge is -2.09. The number of ether oxygens (including phenoxy) is 1. The second-order valence-corrected chi connectivity index (χ2v) is 5.00. The molecule has 3 N–H and O–H groups in total. The second-order valence-electron chi connectivity index (χ2n) is 3.94. The van der Waals surface area contributed by atoms with Gasteiger partial charge in [0, 0.05) is 28.9 Å². The maximum absolute atomic E-state index is 5.83. The molecule has 1 heterocycles. The van der Waals surface area contributed by atoms with Crippen LogP contribution in [-0.2, 0) is 6.54 Å². The fraction of sp³-hybridized carbons (Fsp3) is 0.308. The first kappa shape index (κ1) is 12.7. The third-order valence-corrected chi connectivity index (χ3v) is 3.20. The van der Waals surface area contributed by atoms with Crippen LogP contribution in [-0.4, -0.2) is 11.6 Å². The fourth-order valence-electron chi connectivity index (χ4n) is 1.66. The van der Waals surface area contributed by atoms with Crippen LogP contribution in [0, 0.1) is 6.92 Å². The van der Waals surface area contributed by atoms with Crippen LogP contribution in [0.2, 0.25) is 0 Å². The lowest BCUT2D eigenvalue weighted by atomic mass is 10.2. The summed E-state index contributed by atoms with van der Waals surface area (Å²) in [5.41, 5.74) is 8.51. The Hall–Kier alpha value is -1.75. The molecule has 2 aromatic rings. The summed E-state index contributed by atoms with van der Waals surface area (Å²) in [6, 6.07) is 5.66. The average molecular weight is 263 g/mol. The maximum Gasteiger partial charge on any atom is 0.123 e. The molecule has 1 aromatic heterocycles. The molecule has 0 atom stereocenters. The van der Waals surface area contributed by atoms with Gasteiger partial charge < -0.3 is 15.8 Å². The number of nitrogens with zero attached hydrogens (tertiary/aromatic N) is 1. The molecule has 2 rings (SSSR count). The third-order valence-electron chi connectivity index (χ3n) is 2.38. The van der Waals surface area contributed by atoms with Crippen molar-refractivity contribution in [2.45, 2.75) is 20.4 Å². The molecule has 96 valence electrons. The molecule has 1 aromatic carbocycles. The van der Waals surface area contributed by atoms with Gasteiger partial charge in [0.15, 0.2) is 0 Å². The number of nitrogens with one attached hydrogen (secondary N) is 1. The number of hydrogen-bond acceptors (Lipinski definition) is 5. The number of aromatic nitrogens is 1. The zero-order valence-corrected chi connectivity index (χ0v) is 11.4. The first-order valence-electron chi connectivity index (χ1n) is 5.85. The van der Waals surface area contributed by atoms with Gasteiger partial charge in [0.05, 0.1) is 23.9 Å². The molecule has 0 aliphatic heterocycles. The van der Waals surface area contributed by atoms with Crippen molar-refractivity contribution in [3.05, 3.63) is 34.3 Å². The standard InChI is InChI=1S/C13H17N3OS/c1-3-17-13-5-10(14)4-11(6-13)15-7-12-8-18-9(2)16-12/h4-6,8,15H,3,7,14H2,1-2H3. The maximum atomic E-state index is 5.83. The van der Waals surface area contributed by atoms with E-state index in [0.717, 1.165) is 22.1 Å². The van der Waals surface area contributed by atoms with E-state index < -0.39 is 0 Å². The first-order chi connectivity index (χ1) is 8.67. The first-order valence-corrected chi connectivity index (χ1v) is 6.73. The molecule has 5 heteroatoms. The van der Waals surface area contributed by atoms with Gasteiger partial charge in [-0.1, -0.05) is 0 Å². The van der Waals surface area contributed by atoms with Crippen LogP contribution in [0.1, 0.15) is 17.6 Å². The Morgan fingerprint density at radius 1 is 1.39 bits per heavy atom. The zero-order chi connectivity index (χ0) is 13.0. The van der Waals surface area contributed by atoms with E-state index >= 15 is 0 Å². The molecule has 0 bridgehead atoms. The van der Waals surface area contributed by atoms with E-state index in [2.05, 4.69) is 15.7 Å². The van der Waals surface area contributed by atoms with E-state index in [1.807, 2.05) is 32.0 Å². The molecule has 0 spiro atoms. The van der Waals surface area contributed by atoms with Crippen molar-refractivity contribution in [1.29, 1.82) is 0 Å². The molecule has 18 heavy (non-hydrogen) atoms. The summed E-state index contributed by atoms with van der Waals surface area (Å²) in [5.74, 6) is 0.787. The van der Waals surface area contributed by atoms with Crippen LogP contribution in [0.15, 0.2) is 23.6 Å². The normalized spacial score (nSPS) is 10.3. The molecule has 0 saturated heterocycles. The van der Waals surface area contributed by atoms with Gasteiger partial charge >= 0.3 is 0 Å². The second kappa shape index (κ2) is 5.73. The summed E-state index contributed by atoms with van der Waals surface area (Å²) < 4.78 is 5.45. The van der Waals surface area contributed by atoms with Crippen molar-refractivity contribution in [2.24, 2.45) is 0 Å². The largest absolute Gasteiger partial charge is 0.494 e. The fourth-order valence-corrected chi connectivity index (χ4v) is 2.27. The molecule has 0 unspecified atom stereocenters. The van der Waals surface area contributed by atoms with Crippen molar-refractivity contribution < 1.29 is 4.74 Å². The van der Waals surface area contributed by atoms with Gasteiger partial charge in [-0.05, 0) is 19.9 Å². The summed E-state index contributed by atoms with van der Waals surface area (Å²) >= 11 is 1.65. The molecular formula is C13H17N3OS. The summed E-state index contributed by atoms with van der Waals surface area (Å²) in [4.78, 5) is 4.40. The van der Waals surface area contributed by atoms with E-state index in [9.17, 15) is 0 Å². The Bertz CT molecular complexity index is 525. The molecule has 0 radical (unpaired) electrons. The number of anilines is 2. The minimum absolute atomic E-state index is 0.633. The smallest absolute Gasteiger partial charge is 0.123 e. The van der Waals surface area contributed by atoms with Crippen molar-refractivity contribution >= 4 is 22.7 Å². The predicted octanol–water partition coefficient (Wildman–Crippen LogP) is 3.04. The number of nitrogen functional groups attached to an aromatic ring is 1. The Balaban J connectivity index is 2.04. The number of rotatable bonds is 5. The summed E-state index contributed by atoms with van der Waals surface area (Å²) in [6.45, 7) is 5.28. The van der Waals surface area contributed by atoms with Gasteiger partial charge in [-0.2, -0.15) is 0 Å². The molecular weight excluding hydrogens is 246 g/mol. The Morgan fingerprint density at radius 3 is 2.89 bits per heavy atom. The number of benzene rings is 1. The molecule has 0 aliphatic carbocycles. The lowest BCUT2D eigenvalue weighted by Crippen LogP contribution is -2.01. The van der Waals surface area contributed by atoms with Crippen LogP contribution < -0.4 is 15.8 Å². The monoisotopic (exact) mass is 263 g/mol. The highest BCUT2D eigenvalue weighted by Crippen LogP contribution is 2.23. The average Bonchev–Trinajstić information content (AvgIpc) is 2.72. The van der Waals surface area contributed by atoms with Crippen LogP contribution >= 0.6 is 11.3 Å². The van der Waals surface area contributed by atoms with Gasteiger partial charge in [-0.15, -0.1) is 11.3 Å². The van der Waals surface area contributed by atoms with Crippen LogP contribution in [0.25, 0.3) is 0 Å². The summed E-state index contributed by atoms with van der Waals surface area (Å²) in [5, 5.41) is 6.43. The van der Waals surface area contributed by atoms with Crippen molar-refractivity contribution in [3.63, 3.8) is 0 Å². The van der Waals surface area contributed by atoms with Gasteiger partial charge in [0.1, 0.15) is 5.75 Å². The van der Waals surface area contributed by atoms with Crippen molar-refractivity contribution in [2.75, 3.05) is 17.7 Å². The highest BCUT2D eigenvalue weighted by molar-refractivity contribution is 7.09. The lowest BCUT2D eigenvalue weighted by molar-refractivity contribution is 0.340. The summed E-state index contributed by atoms with van der Waals surface area (Å²) in [7, 11) is 0. The summed E-state index contributed by atoms with van der Waals surface area (Å²) in [6.07, 6.45) is 0. The Morgan fingerprint density at radius 2 is 2.22 bits per heavy atom. The van der Waals surface area contributed by atoms with E-state index in [-0.39, 0.29) is 0 Å². The van der Waals surface area contributed by atoms with E-state index in [4.69, 9.17) is 10.5 Å². The van der Waals surface area contributed by atoms with Gasteiger partial charge in [0.2, 0.25) is 0 Å². The number of nitrogens with two attached hydrogens (primary N) is 1. The quantitative estimate of drug-likeness (QED) is 0.814. The van der Waals surface area contributed by atoms with Crippen molar-refractivity contribution in [3.8, 4) is 5.75 Å². The van der Waals surface area contributed by atoms with E-state index in [0.29, 0.717) is 18.8 Å². The third kappa shape index (κ3) is 3.37. The number of aryl methyl sites for hydroxylation is 1. The van der Waals surface area contributed by atoms with Crippen LogP contribution in [0.3, 0.4) is 0 Å². The van der Waals surface area contributed by atoms with Crippen molar-refractivity contribution in [1.82, 2.24) is 4.98 Å². The Labute approximate surface area is 111 Å².